The average molecular weight is 404 g/mol. The molecule has 1 unspecified atom stereocenters. The summed E-state index contributed by atoms with van der Waals surface area (Å²) in [6.07, 6.45) is 1.44. The first-order chi connectivity index (χ1) is 14.5. The van der Waals surface area contributed by atoms with Crippen LogP contribution < -0.4 is 0 Å². The average Bonchev–Trinajstić information content (AvgIpc) is 3.36. The fourth-order valence-corrected chi connectivity index (χ4v) is 3.52. The molecule has 1 saturated heterocycles. The molecule has 0 saturated carbocycles. The SMILES string of the molecule is O=C1C(=O)N(Cc2ccco2)C(c2cccc([N+](=O)[O-])c2)/C1=C(\O)c1ccccc1. The van der Waals surface area contributed by atoms with Crippen LogP contribution in [-0.4, -0.2) is 26.6 Å². The Kier molecular flexibility index (Phi) is 4.89. The van der Waals surface area contributed by atoms with Crippen molar-refractivity contribution in [3.8, 4) is 0 Å². The maximum Gasteiger partial charge on any atom is 0.296 e. The highest BCUT2D eigenvalue weighted by Gasteiger charge is 2.46. The molecule has 8 nitrogen and oxygen atoms in total. The number of carbonyl (C=O) groups excluding carboxylic acids is 2. The Morgan fingerprint density at radius 1 is 1.07 bits per heavy atom. The molecular formula is C22H16N2O6. The summed E-state index contributed by atoms with van der Waals surface area (Å²) in [5.41, 5.74) is 0.394. The Bertz CT molecular complexity index is 1150. The number of aliphatic hydroxyl groups excluding tert-OH is 1. The lowest BCUT2D eigenvalue weighted by molar-refractivity contribution is -0.384. The number of carbonyl (C=O) groups is 2. The predicted octanol–water partition coefficient (Wildman–Crippen LogP) is 3.81. The standard InChI is InChI=1S/C22H16N2O6/c25-20(14-6-2-1-3-7-14)18-19(15-8-4-9-16(12-15)24(28)29)23(22(27)21(18)26)13-17-10-5-11-30-17/h1-12,19,25H,13H2/b20-18+. The zero-order chi connectivity index (χ0) is 21.3. The maximum absolute atomic E-state index is 12.9. The Morgan fingerprint density at radius 2 is 1.83 bits per heavy atom. The van der Waals surface area contributed by atoms with Crippen LogP contribution in [0.4, 0.5) is 5.69 Å². The minimum atomic E-state index is -1.00. The van der Waals surface area contributed by atoms with Crippen LogP contribution in [0.25, 0.3) is 5.76 Å². The van der Waals surface area contributed by atoms with Gasteiger partial charge in [0.2, 0.25) is 0 Å². The Morgan fingerprint density at radius 3 is 2.50 bits per heavy atom. The van der Waals surface area contributed by atoms with Gasteiger partial charge >= 0.3 is 0 Å². The number of nitro groups is 1. The second kappa shape index (κ2) is 7.67. The normalized spacial score (nSPS) is 18.0. The highest BCUT2D eigenvalue weighted by atomic mass is 16.6. The van der Waals surface area contributed by atoms with E-state index in [0.29, 0.717) is 16.9 Å². The number of likely N-dealkylation sites (tertiary alicyclic amines) is 1. The molecule has 0 spiro atoms. The van der Waals surface area contributed by atoms with E-state index in [2.05, 4.69) is 0 Å². The number of furan rings is 1. The summed E-state index contributed by atoms with van der Waals surface area (Å²) in [4.78, 5) is 37.7. The van der Waals surface area contributed by atoms with Crippen LogP contribution in [0.1, 0.15) is 22.9 Å². The van der Waals surface area contributed by atoms with Crippen molar-refractivity contribution in [3.63, 3.8) is 0 Å². The van der Waals surface area contributed by atoms with Crippen molar-refractivity contribution in [1.29, 1.82) is 0 Å². The molecular weight excluding hydrogens is 388 g/mol. The molecule has 2 heterocycles. The second-order valence-electron chi connectivity index (χ2n) is 6.72. The van der Waals surface area contributed by atoms with Crippen molar-refractivity contribution < 1.29 is 24.0 Å². The number of benzene rings is 2. The summed E-state index contributed by atoms with van der Waals surface area (Å²) in [6, 6.07) is 16.3. The van der Waals surface area contributed by atoms with E-state index in [4.69, 9.17) is 4.42 Å². The zero-order valence-corrected chi connectivity index (χ0v) is 15.6. The van der Waals surface area contributed by atoms with Gasteiger partial charge in [-0.3, -0.25) is 19.7 Å². The number of hydrogen-bond acceptors (Lipinski definition) is 6. The van der Waals surface area contributed by atoms with Crippen LogP contribution in [0.5, 0.6) is 0 Å². The number of non-ortho nitro benzene ring substituents is 1. The van der Waals surface area contributed by atoms with Crippen molar-refractivity contribution >= 4 is 23.1 Å². The topological polar surface area (TPSA) is 114 Å². The summed E-state index contributed by atoms with van der Waals surface area (Å²) in [7, 11) is 0. The minimum Gasteiger partial charge on any atom is -0.507 e. The molecule has 2 aromatic carbocycles. The summed E-state index contributed by atoms with van der Waals surface area (Å²) in [6.45, 7) is -0.0312. The summed E-state index contributed by atoms with van der Waals surface area (Å²) < 4.78 is 5.31. The molecule has 1 aromatic heterocycles. The van der Waals surface area contributed by atoms with Gasteiger partial charge in [0.25, 0.3) is 17.4 Å². The van der Waals surface area contributed by atoms with E-state index in [1.54, 1.807) is 48.5 Å². The molecule has 1 aliphatic heterocycles. The molecule has 1 fully saturated rings. The van der Waals surface area contributed by atoms with Gasteiger partial charge in [-0.1, -0.05) is 42.5 Å². The summed E-state index contributed by atoms with van der Waals surface area (Å²) >= 11 is 0. The van der Waals surface area contributed by atoms with E-state index >= 15 is 0 Å². The lowest BCUT2D eigenvalue weighted by Crippen LogP contribution is -2.29. The van der Waals surface area contributed by atoms with Crippen LogP contribution in [-0.2, 0) is 16.1 Å². The van der Waals surface area contributed by atoms with Crippen molar-refractivity contribution in [1.82, 2.24) is 4.90 Å². The molecule has 1 aliphatic rings. The monoisotopic (exact) mass is 404 g/mol. The molecule has 30 heavy (non-hydrogen) atoms. The summed E-state index contributed by atoms with van der Waals surface area (Å²) in [5, 5.41) is 22.1. The van der Waals surface area contributed by atoms with Gasteiger partial charge in [0.05, 0.1) is 29.3 Å². The number of Topliss-reactive ketones (excluding diaryl/α,β-unsaturated/α-hetero) is 1. The number of rotatable bonds is 5. The van der Waals surface area contributed by atoms with Crippen LogP contribution in [0.3, 0.4) is 0 Å². The molecule has 1 amide bonds. The van der Waals surface area contributed by atoms with Crippen LogP contribution in [0.15, 0.2) is 83.0 Å². The van der Waals surface area contributed by atoms with Crippen molar-refractivity contribution in [2.24, 2.45) is 0 Å². The fraction of sp³-hybridized carbons (Fsp3) is 0.0909. The van der Waals surface area contributed by atoms with Crippen LogP contribution >= 0.6 is 0 Å². The third kappa shape index (κ3) is 3.35. The van der Waals surface area contributed by atoms with E-state index < -0.39 is 22.7 Å². The molecule has 4 rings (SSSR count). The van der Waals surface area contributed by atoms with Gasteiger partial charge in [-0.2, -0.15) is 0 Å². The number of hydrogen-bond donors (Lipinski definition) is 1. The van der Waals surface area contributed by atoms with Crippen molar-refractivity contribution in [3.05, 3.63) is 106 Å². The Balaban J connectivity index is 1.89. The second-order valence-corrected chi connectivity index (χ2v) is 6.72. The molecule has 1 atom stereocenters. The molecule has 1 N–H and O–H groups in total. The highest BCUT2D eigenvalue weighted by molar-refractivity contribution is 6.46. The largest absolute Gasteiger partial charge is 0.507 e. The smallest absolute Gasteiger partial charge is 0.296 e. The van der Waals surface area contributed by atoms with Gasteiger partial charge in [-0.15, -0.1) is 0 Å². The van der Waals surface area contributed by atoms with Gasteiger partial charge in [0, 0.05) is 17.7 Å². The van der Waals surface area contributed by atoms with E-state index in [-0.39, 0.29) is 23.6 Å². The number of ketones is 1. The van der Waals surface area contributed by atoms with Gasteiger partial charge in [0.1, 0.15) is 11.5 Å². The fourth-order valence-electron chi connectivity index (χ4n) is 3.52. The quantitative estimate of drug-likeness (QED) is 0.227. The first kappa shape index (κ1) is 19.1. The Labute approximate surface area is 170 Å². The van der Waals surface area contributed by atoms with E-state index in [1.807, 2.05) is 0 Å². The molecule has 8 heteroatoms. The molecule has 150 valence electrons. The predicted molar refractivity (Wildman–Crippen MR) is 106 cm³/mol. The van der Waals surface area contributed by atoms with Crippen molar-refractivity contribution in [2.75, 3.05) is 0 Å². The first-order valence-electron chi connectivity index (χ1n) is 9.08. The van der Waals surface area contributed by atoms with Gasteiger partial charge < -0.3 is 14.4 Å². The van der Waals surface area contributed by atoms with Crippen molar-refractivity contribution in [2.45, 2.75) is 12.6 Å². The third-order valence-corrected chi connectivity index (χ3v) is 4.89. The first-order valence-corrected chi connectivity index (χ1v) is 9.08. The van der Waals surface area contributed by atoms with Gasteiger partial charge in [-0.05, 0) is 17.7 Å². The highest BCUT2D eigenvalue weighted by Crippen LogP contribution is 2.41. The maximum atomic E-state index is 12.9. The van der Waals surface area contributed by atoms with E-state index in [0.717, 1.165) is 0 Å². The van der Waals surface area contributed by atoms with Gasteiger partial charge in [-0.25, -0.2) is 0 Å². The third-order valence-electron chi connectivity index (χ3n) is 4.89. The van der Waals surface area contributed by atoms with Crippen LogP contribution in [0, 0.1) is 10.1 Å². The Hall–Kier alpha value is -4.20. The summed E-state index contributed by atoms with van der Waals surface area (Å²) in [5.74, 6) is -1.58. The number of nitro benzene ring substituents is 1. The zero-order valence-electron chi connectivity index (χ0n) is 15.6. The lowest BCUT2D eigenvalue weighted by Gasteiger charge is -2.24. The molecule has 0 bridgehead atoms. The molecule has 0 radical (unpaired) electrons. The number of amides is 1. The molecule has 3 aromatic rings. The molecule has 0 aliphatic carbocycles. The van der Waals surface area contributed by atoms with Gasteiger partial charge in [0.15, 0.2) is 0 Å². The van der Waals surface area contributed by atoms with E-state index in [9.17, 15) is 24.8 Å². The number of aliphatic hydroxyl groups is 1. The number of nitrogens with zero attached hydrogens (tertiary/aromatic N) is 2. The lowest BCUT2D eigenvalue weighted by atomic mass is 9.95. The minimum absolute atomic E-state index is 0.0312. The van der Waals surface area contributed by atoms with Crippen LogP contribution in [0.2, 0.25) is 0 Å². The van der Waals surface area contributed by atoms with E-state index in [1.165, 1.54) is 29.4 Å².